The molecule has 0 atom stereocenters. The first-order valence-corrected chi connectivity index (χ1v) is 8.48. The lowest BCUT2D eigenvalue weighted by Gasteiger charge is -2.23. The molecule has 0 aromatic heterocycles. The summed E-state index contributed by atoms with van der Waals surface area (Å²) in [6.45, 7) is -6.19. The average molecular weight is 393 g/mol. The van der Waals surface area contributed by atoms with E-state index in [1.54, 1.807) is 0 Å². The average Bonchev–Trinajstić information content (AvgIpc) is 2.56. The van der Waals surface area contributed by atoms with Gasteiger partial charge in [-0.1, -0.05) is 19.3 Å². The van der Waals surface area contributed by atoms with Crippen molar-refractivity contribution < 1.29 is 27.0 Å². The number of hydrogen-bond acceptors (Lipinski definition) is 4. The Morgan fingerprint density at radius 2 is 1.81 bits per heavy atom. The van der Waals surface area contributed by atoms with Crippen LogP contribution in [0.1, 0.15) is 37.7 Å². The van der Waals surface area contributed by atoms with E-state index in [0.29, 0.717) is 11.2 Å². The van der Waals surface area contributed by atoms with Crippen LogP contribution in [0.25, 0.3) is 0 Å². The molecule has 2 rings (SSSR count). The summed E-state index contributed by atoms with van der Waals surface area (Å²) in [6, 6.07) is 3.71. The van der Waals surface area contributed by atoms with Crippen molar-refractivity contribution in [1.29, 1.82) is 0 Å². The van der Waals surface area contributed by atoms with Crippen LogP contribution in [0.2, 0.25) is 0 Å². The number of hydrazone groups is 1. The molecule has 10 heteroatoms. The molecule has 0 spiro atoms. The molecule has 144 valence electrons. The molecular formula is C16H19F4N3O2S. The van der Waals surface area contributed by atoms with Crippen molar-refractivity contribution in [2.24, 2.45) is 5.10 Å². The molecule has 1 aromatic rings. The lowest BCUT2D eigenvalue weighted by atomic mass is 9.96. The largest absolute Gasteiger partial charge is 0.435 e. The van der Waals surface area contributed by atoms with Gasteiger partial charge in [0.2, 0.25) is 0 Å². The van der Waals surface area contributed by atoms with Gasteiger partial charge in [-0.25, -0.2) is 0 Å². The highest BCUT2D eigenvalue weighted by Gasteiger charge is 2.14. The van der Waals surface area contributed by atoms with Crippen LogP contribution in [0.15, 0.2) is 23.3 Å². The second kappa shape index (κ2) is 10.1. The lowest BCUT2D eigenvalue weighted by molar-refractivity contribution is -0.0543. The van der Waals surface area contributed by atoms with Crippen LogP contribution in [0.5, 0.6) is 11.5 Å². The van der Waals surface area contributed by atoms with Gasteiger partial charge in [0, 0.05) is 17.7 Å². The topological polar surface area (TPSA) is 54.9 Å². The smallest absolute Gasteiger partial charge is 0.387 e. The fourth-order valence-electron chi connectivity index (χ4n) is 2.62. The highest BCUT2D eigenvalue weighted by atomic mass is 32.1. The van der Waals surface area contributed by atoms with E-state index >= 15 is 0 Å². The molecule has 26 heavy (non-hydrogen) atoms. The van der Waals surface area contributed by atoms with E-state index in [1.165, 1.54) is 24.8 Å². The van der Waals surface area contributed by atoms with Gasteiger partial charge < -0.3 is 14.8 Å². The highest BCUT2D eigenvalue weighted by molar-refractivity contribution is 7.80. The van der Waals surface area contributed by atoms with Crippen LogP contribution in [-0.4, -0.2) is 30.6 Å². The van der Waals surface area contributed by atoms with Crippen LogP contribution in [0, 0.1) is 0 Å². The van der Waals surface area contributed by atoms with E-state index in [1.807, 2.05) is 0 Å². The monoisotopic (exact) mass is 393 g/mol. The fraction of sp³-hybridized carbons (Fsp3) is 0.500. The maximum Gasteiger partial charge on any atom is 0.387 e. The predicted molar refractivity (Wildman–Crippen MR) is 93.0 cm³/mol. The van der Waals surface area contributed by atoms with Crippen molar-refractivity contribution in [3.63, 3.8) is 0 Å². The van der Waals surface area contributed by atoms with Crippen molar-refractivity contribution in [1.82, 2.24) is 10.7 Å². The first-order valence-electron chi connectivity index (χ1n) is 8.07. The minimum atomic E-state index is -3.12. The Hall–Kier alpha value is -2.10. The van der Waals surface area contributed by atoms with Crippen molar-refractivity contribution in [2.45, 2.75) is 51.4 Å². The Morgan fingerprint density at radius 3 is 2.46 bits per heavy atom. The number of nitrogens with zero attached hydrogens (tertiary/aromatic N) is 1. The van der Waals surface area contributed by atoms with Gasteiger partial charge in [-0.2, -0.15) is 22.7 Å². The highest BCUT2D eigenvalue weighted by Crippen LogP contribution is 2.26. The van der Waals surface area contributed by atoms with Crippen molar-refractivity contribution in [3.05, 3.63) is 23.8 Å². The molecule has 0 aliphatic heterocycles. The molecular weight excluding hydrogens is 374 g/mol. The zero-order valence-electron chi connectivity index (χ0n) is 13.8. The van der Waals surface area contributed by atoms with Gasteiger partial charge in [-0.15, -0.1) is 0 Å². The Bertz CT molecular complexity index is 626. The second-order valence-electron chi connectivity index (χ2n) is 5.64. The third-order valence-electron chi connectivity index (χ3n) is 3.74. The summed E-state index contributed by atoms with van der Waals surface area (Å²) < 4.78 is 58.0. The van der Waals surface area contributed by atoms with Crippen LogP contribution in [0.3, 0.4) is 0 Å². The Morgan fingerprint density at radius 1 is 1.12 bits per heavy atom. The van der Waals surface area contributed by atoms with E-state index in [0.717, 1.165) is 31.7 Å². The molecule has 2 N–H and O–H groups in total. The molecule has 1 saturated carbocycles. The molecule has 1 aliphatic rings. The number of ether oxygens (including phenoxy) is 2. The van der Waals surface area contributed by atoms with Crippen molar-refractivity contribution >= 4 is 23.5 Å². The number of nitrogens with one attached hydrogen (secondary N) is 2. The summed E-state index contributed by atoms with van der Waals surface area (Å²) in [4.78, 5) is 0. The number of hydrogen-bond donors (Lipinski definition) is 2. The molecule has 0 amide bonds. The molecule has 0 unspecified atom stereocenters. The standard InChI is InChI=1S/C16H19F4N3O2S/c17-14(18)24-12-7-6-10(13(8-12)25-15(19)20)9-21-23-16(26)22-11-4-2-1-3-5-11/h6-9,11,14-15H,1-5H2,(H2,22,23,26)/b21-9-. The van der Waals surface area contributed by atoms with E-state index in [4.69, 9.17) is 12.2 Å². The summed E-state index contributed by atoms with van der Waals surface area (Å²) in [5, 5.41) is 7.33. The zero-order chi connectivity index (χ0) is 18.9. The number of halogens is 4. The van der Waals surface area contributed by atoms with Crippen molar-refractivity contribution in [2.75, 3.05) is 0 Å². The summed E-state index contributed by atoms with van der Waals surface area (Å²) >= 11 is 5.13. The minimum Gasteiger partial charge on any atom is -0.435 e. The van der Waals surface area contributed by atoms with Gasteiger partial charge in [0.15, 0.2) is 5.11 Å². The minimum absolute atomic E-state index is 0.153. The van der Waals surface area contributed by atoms with Gasteiger partial charge in [0.25, 0.3) is 0 Å². The number of benzene rings is 1. The SMILES string of the molecule is FC(F)Oc1ccc(/C=N\NC(=S)NC2CCCCC2)c(OC(F)F)c1. The van der Waals surface area contributed by atoms with Gasteiger partial charge in [-0.3, -0.25) is 5.43 Å². The van der Waals surface area contributed by atoms with Crippen LogP contribution in [0.4, 0.5) is 17.6 Å². The van der Waals surface area contributed by atoms with Gasteiger partial charge in [-0.05, 0) is 37.2 Å². The zero-order valence-corrected chi connectivity index (χ0v) is 14.6. The fourth-order valence-corrected chi connectivity index (χ4v) is 2.84. The van der Waals surface area contributed by atoms with Crippen LogP contribution >= 0.6 is 12.2 Å². The van der Waals surface area contributed by atoms with E-state index in [2.05, 4.69) is 25.3 Å². The first-order chi connectivity index (χ1) is 12.4. The van der Waals surface area contributed by atoms with Gasteiger partial charge in [0.05, 0.1) is 6.21 Å². The summed E-state index contributed by atoms with van der Waals surface area (Å²) in [6.07, 6.45) is 6.77. The second-order valence-corrected chi connectivity index (χ2v) is 6.04. The molecule has 0 heterocycles. The molecule has 1 fully saturated rings. The number of alkyl halides is 4. The third kappa shape index (κ3) is 7.03. The number of rotatable bonds is 7. The molecule has 0 saturated heterocycles. The summed E-state index contributed by atoms with van der Waals surface area (Å²) in [7, 11) is 0. The lowest BCUT2D eigenvalue weighted by Crippen LogP contribution is -2.40. The summed E-state index contributed by atoms with van der Waals surface area (Å²) in [5.74, 6) is -0.634. The van der Waals surface area contributed by atoms with E-state index < -0.39 is 13.2 Å². The van der Waals surface area contributed by atoms with Crippen LogP contribution < -0.4 is 20.2 Å². The van der Waals surface area contributed by atoms with Gasteiger partial charge >= 0.3 is 13.2 Å². The van der Waals surface area contributed by atoms with Crippen LogP contribution in [-0.2, 0) is 0 Å². The van der Waals surface area contributed by atoms with E-state index in [9.17, 15) is 17.6 Å². The number of thiocarbonyl (C=S) groups is 1. The molecule has 0 bridgehead atoms. The summed E-state index contributed by atoms with van der Waals surface area (Å²) in [5.41, 5.74) is 2.75. The van der Waals surface area contributed by atoms with Crippen molar-refractivity contribution in [3.8, 4) is 11.5 Å². The molecule has 0 radical (unpaired) electrons. The Kier molecular flexibility index (Phi) is 7.89. The molecule has 1 aromatic carbocycles. The third-order valence-corrected chi connectivity index (χ3v) is 3.95. The maximum atomic E-state index is 12.5. The first kappa shape index (κ1) is 20.2. The Balaban J connectivity index is 1.97. The van der Waals surface area contributed by atoms with Gasteiger partial charge in [0.1, 0.15) is 11.5 Å². The van der Waals surface area contributed by atoms with E-state index in [-0.39, 0.29) is 17.1 Å². The predicted octanol–water partition coefficient (Wildman–Crippen LogP) is 4.02. The molecule has 5 nitrogen and oxygen atoms in total. The molecule has 1 aliphatic carbocycles. The normalized spacial score (nSPS) is 15.5. The quantitative estimate of drug-likeness (QED) is 0.317. The Labute approximate surface area is 153 Å². The maximum absolute atomic E-state index is 12.5.